The van der Waals surface area contributed by atoms with E-state index in [1.165, 1.54) is 0 Å². The van der Waals surface area contributed by atoms with Gasteiger partial charge >= 0.3 is 30.2 Å². The molecule has 0 N–H and O–H groups in total. The lowest BCUT2D eigenvalue weighted by Crippen LogP contribution is -2.58. The zero-order valence-corrected chi connectivity index (χ0v) is 8.35. The topological polar surface area (TPSA) is 9.23 Å². The van der Waals surface area contributed by atoms with Crippen LogP contribution in [0.2, 0.25) is 0 Å². The van der Waals surface area contributed by atoms with Crippen molar-refractivity contribution >= 4 is 0 Å². The predicted octanol–water partition coefficient (Wildman–Crippen LogP) is 4.21. The number of halogens is 11. The highest BCUT2D eigenvalue weighted by molar-refractivity contribution is 4.98. The summed E-state index contributed by atoms with van der Waals surface area (Å²) in [6.07, 6.45) is -21.1. The van der Waals surface area contributed by atoms with Gasteiger partial charge in [0.2, 0.25) is 0 Å². The highest BCUT2D eigenvalue weighted by atomic mass is 19.4. The highest BCUT2D eigenvalue weighted by Gasteiger charge is 2.77. The Labute approximate surface area is 97.2 Å². The lowest BCUT2D eigenvalue weighted by atomic mass is 10.2. The normalized spacial score (nSPS) is 18.1. The van der Waals surface area contributed by atoms with E-state index in [1.54, 1.807) is 0 Å². The van der Waals surface area contributed by atoms with Crippen molar-refractivity contribution in [3.05, 3.63) is 12.7 Å². The molecule has 0 spiro atoms. The third-order valence-electron chi connectivity index (χ3n) is 1.65. The lowest BCUT2D eigenvalue weighted by Gasteiger charge is -2.33. The van der Waals surface area contributed by atoms with Crippen LogP contribution in [0.5, 0.6) is 0 Å². The molecule has 0 aliphatic carbocycles. The molecule has 0 heterocycles. The van der Waals surface area contributed by atoms with Crippen LogP contribution >= 0.6 is 0 Å². The van der Waals surface area contributed by atoms with Crippen molar-refractivity contribution in [2.24, 2.45) is 0 Å². The summed E-state index contributed by atoms with van der Waals surface area (Å²) in [5.41, 5.74) is 0. The van der Waals surface area contributed by atoms with E-state index in [0.29, 0.717) is 0 Å². The summed E-state index contributed by atoms with van der Waals surface area (Å²) >= 11 is 0. The predicted molar refractivity (Wildman–Crippen MR) is 37.1 cm³/mol. The van der Waals surface area contributed by atoms with Gasteiger partial charge < -0.3 is 0 Å². The molecular weight excluding hydrogens is 309 g/mol. The number of alkyl halides is 11. The van der Waals surface area contributed by atoms with Crippen LogP contribution in [0.25, 0.3) is 0 Å². The van der Waals surface area contributed by atoms with Gasteiger partial charge in [0.1, 0.15) is 0 Å². The fourth-order valence-electron chi connectivity index (χ4n) is 0.631. The summed E-state index contributed by atoms with van der Waals surface area (Å²) in [6, 6.07) is 0. The third kappa shape index (κ3) is 3.09. The minimum Gasteiger partial charge on any atom is -0.266 e. The zero-order valence-electron chi connectivity index (χ0n) is 8.35. The van der Waals surface area contributed by atoms with Crippen molar-refractivity contribution in [2.45, 2.75) is 30.2 Å². The third-order valence-corrected chi connectivity index (χ3v) is 1.65. The standard InChI is InChI=1S/C7H3F11O/c1-2-3(8,5(11,12)13)19-7(17,18)4(9,10)6(14,15)16/h2H,1H2/t3-/m0/s1. The van der Waals surface area contributed by atoms with Gasteiger partial charge in [0, 0.05) is 0 Å². The molecule has 114 valence electrons. The molecule has 0 fully saturated rings. The van der Waals surface area contributed by atoms with Gasteiger partial charge in [-0.1, -0.05) is 6.58 Å². The van der Waals surface area contributed by atoms with Gasteiger partial charge in [0.05, 0.1) is 0 Å². The molecule has 0 aromatic carbocycles. The van der Waals surface area contributed by atoms with Crippen LogP contribution in [0.15, 0.2) is 12.7 Å². The summed E-state index contributed by atoms with van der Waals surface area (Å²) < 4.78 is 134. The van der Waals surface area contributed by atoms with Gasteiger partial charge in [-0.05, 0) is 6.08 Å². The molecule has 1 atom stereocenters. The molecule has 0 unspecified atom stereocenters. The van der Waals surface area contributed by atoms with Crippen molar-refractivity contribution in [2.75, 3.05) is 0 Å². The molecule has 0 aromatic heterocycles. The SMILES string of the molecule is C=C[C@](F)(OC(F)(F)C(F)(F)C(F)(F)F)C(F)(F)F. The van der Waals surface area contributed by atoms with E-state index in [0.717, 1.165) is 0 Å². The van der Waals surface area contributed by atoms with E-state index >= 15 is 0 Å². The smallest absolute Gasteiger partial charge is 0.266 e. The van der Waals surface area contributed by atoms with Crippen LogP contribution < -0.4 is 0 Å². The highest BCUT2D eigenvalue weighted by Crippen LogP contribution is 2.51. The Kier molecular flexibility index (Phi) is 4.24. The van der Waals surface area contributed by atoms with Gasteiger partial charge in [-0.15, -0.1) is 0 Å². The summed E-state index contributed by atoms with van der Waals surface area (Å²) in [4.78, 5) is 0. The second kappa shape index (κ2) is 4.49. The average molecular weight is 312 g/mol. The van der Waals surface area contributed by atoms with Crippen molar-refractivity contribution in [1.82, 2.24) is 0 Å². The van der Waals surface area contributed by atoms with Gasteiger partial charge in [-0.2, -0.15) is 48.3 Å². The average Bonchev–Trinajstić information content (AvgIpc) is 2.12. The van der Waals surface area contributed by atoms with Crippen LogP contribution in [-0.4, -0.2) is 30.2 Å². The fraction of sp³-hybridized carbons (Fsp3) is 0.714. The van der Waals surface area contributed by atoms with Crippen molar-refractivity contribution in [3.8, 4) is 0 Å². The van der Waals surface area contributed by atoms with Crippen molar-refractivity contribution < 1.29 is 53.0 Å². The number of hydrogen-bond donors (Lipinski definition) is 0. The van der Waals surface area contributed by atoms with Crippen LogP contribution in [0, 0.1) is 0 Å². The summed E-state index contributed by atoms with van der Waals surface area (Å²) in [5.74, 6) is -12.6. The van der Waals surface area contributed by atoms with E-state index < -0.39 is 36.3 Å². The van der Waals surface area contributed by atoms with Crippen molar-refractivity contribution in [3.63, 3.8) is 0 Å². The molecule has 0 aliphatic heterocycles. The first kappa shape index (κ1) is 17.9. The monoisotopic (exact) mass is 312 g/mol. The largest absolute Gasteiger partial charge is 0.462 e. The van der Waals surface area contributed by atoms with Gasteiger partial charge in [-0.3, -0.25) is 4.74 Å². The van der Waals surface area contributed by atoms with E-state index in [2.05, 4.69) is 0 Å². The minimum atomic E-state index is -7.04. The molecule has 1 nitrogen and oxygen atoms in total. The Hall–Kier alpha value is -1.07. The molecule has 0 saturated carbocycles. The number of ether oxygens (including phenoxy) is 1. The number of hydrogen-bond acceptors (Lipinski definition) is 1. The Morgan fingerprint density at radius 2 is 1.05 bits per heavy atom. The molecule has 19 heavy (non-hydrogen) atoms. The molecule has 12 heteroatoms. The van der Waals surface area contributed by atoms with Crippen LogP contribution in [0.1, 0.15) is 0 Å². The summed E-state index contributed by atoms with van der Waals surface area (Å²) in [5, 5.41) is 0. The minimum absolute atomic E-state index is 1.02. The maximum Gasteiger partial charge on any atom is 0.462 e. The Bertz CT molecular complexity index is 340. The quantitative estimate of drug-likeness (QED) is 0.558. The molecule has 0 aromatic rings. The molecule has 0 saturated heterocycles. The van der Waals surface area contributed by atoms with Crippen LogP contribution in [-0.2, 0) is 4.74 Å². The van der Waals surface area contributed by atoms with Crippen LogP contribution in [0.4, 0.5) is 48.3 Å². The summed E-state index contributed by atoms with van der Waals surface area (Å²) in [6.45, 7) is 2.05. The maximum absolute atomic E-state index is 12.8. The molecule has 0 bridgehead atoms. The van der Waals surface area contributed by atoms with E-state index in [1.807, 2.05) is 11.3 Å². The molecule has 0 rings (SSSR count). The number of rotatable bonds is 4. The van der Waals surface area contributed by atoms with E-state index in [9.17, 15) is 48.3 Å². The van der Waals surface area contributed by atoms with Crippen LogP contribution in [0.3, 0.4) is 0 Å². The first-order valence-corrected chi connectivity index (χ1v) is 3.93. The first-order valence-electron chi connectivity index (χ1n) is 3.93. The second-order valence-corrected chi connectivity index (χ2v) is 3.04. The molecule has 0 radical (unpaired) electrons. The Morgan fingerprint density at radius 1 is 0.684 bits per heavy atom. The van der Waals surface area contributed by atoms with Crippen molar-refractivity contribution in [1.29, 1.82) is 0 Å². The van der Waals surface area contributed by atoms with Gasteiger partial charge in [-0.25, -0.2) is 0 Å². The van der Waals surface area contributed by atoms with Gasteiger partial charge in [0.15, 0.2) is 0 Å². The fourth-order valence-corrected chi connectivity index (χ4v) is 0.631. The second-order valence-electron chi connectivity index (χ2n) is 3.04. The zero-order chi connectivity index (χ0) is 15.9. The molecule has 0 amide bonds. The Morgan fingerprint density at radius 3 is 1.26 bits per heavy atom. The first-order chi connectivity index (χ1) is 8.02. The van der Waals surface area contributed by atoms with E-state index in [-0.39, 0.29) is 0 Å². The summed E-state index contributed by atoms with van der Waals surface area (Å²) in [7, 11) is 0. The molecular formula is C7H3F11O. The van der Waals surface area contributed by atoms with Gasteiger partial charge in [0.25, 0.3) is 0 Å². The maximum atomic E-state index is 12.8. The lowest BCUT2D eigenvalue weighted by molar-refractivity contribution is -0.473. The molecule has 0 aliphatic rings. The Balaban J connectivity index is 5.55. The van der Waals surface area contributed by atoms with E-state index in [4.69, 9.17) is 0 Å².